The average Bonchev–Trinajstić information content (AvgIpc) is 3.28. The number of para-hydroxylation sites is 3. The van der Waals surface area contributed by atoms with E-state index < -0.39 is 5.60 Å². The lowest BCUT2D eigenvalue weighted by Gasteiger charge is -2.37. The summed E-state index contributed by atoms with van der Waals surface area (Å²) in [5.74, 6) is 1.09. The van der Waals surface area contributed by atoms with Gasteiger partial charge in [-0.2, -0.15) is 0 Å². The molecule has 4 aromatic carbocycles. The fraction of sp³-hybridized carbons (Fsp3) is 0.286. The third-order valence-electron chi connectivity index (χ3n) is 8.11. The van der Waals surface area contributed by atoms with Crippen LogP contribution in [0, 0.1) is 6.92 Å². The maximum absolute atomic E-state index is 14.2. The first-order chi connectivity index (χ1) is 19.6. The molecule has 0 saturated carbocycles. The minimum absolute atomic E-state index is 0.306. The third-order valence-corrected chi connectivity index (χ3v) is 8.11. The van der Waals surface area contributed by atoms with Gasteiger partial charge in [-0.25, -0.2) is 4.79 Å². The molecule has 0 unspecified atom stereocenters. The van der Waals surface area contributed by atoms with Gasteiger partial charge in [0.25, 0.3) is 0 Å². The molecule has 2 heterocycles. The molecule has 204 valence electrons. The van der Waals surface area contributed by atoms with Crippen LogP contribution in [0.1, 0.15) is 72.1 Å². The quantitative estimate of drug-likeness (QED) is 0.173. The van der Waals surface area contributed by atoms with Gasteiger partial charge in [0.2, 0.25) is 0 Å². The van der Waals surface area contributed by atoms with Crippen molar-refractivity contribution in [1.29, 1.82) is 0 Å². The summed E-state index contributed by atoms with van der Waals surface area (Å²) in [6, 6.07) is 28.1. The van der Waals surface area contributed by atoms with E-state index in [0.717, 1.165) is 58.8 Å². The second-order valence-corrected chi connectivity index (χ2v) is 10.6. The molecule has 1 N–H and O–H groups in total. The molecule has 0 bridgehead atoms. The van der Waals surface area contributed by atoms with Crippen LogP contribution in [0.25, 0.3) is 0 Å². The Morgan fingerprint density at radius 1 is 0.825 bits per heavy atom. The summed E-state index contributed by atoms with van der Waals surface area (Å²) in [6.07, 6.45) is 4.66. The highest BCUT2D eigenvalue weighted by Gasteiger charge is 2.56. The van der Waals surface area contributed by atoms with E-state index in [4.69, 9.17) is 9.47 Å². The van der Waals surface area contributed by atoms with E-state index in [-0.39, 0.29) is 5.97 Å². The first kappa shape index (κ1) is 26.0. The number of benzene rings is 4. The maximum atomic E-state index is 14.2. The van der Waals surface area contributed by atoms with Gasteiger partial charge >= 0.3 is 5.97 Å². The molecule has 0 amide bonds. The first-order valence-electron chi connectivity index (χ1n) is 14.4. The molecular weight excluding hydrogens is 496 g/mol. The molecule has 0 atom stereocenters. The van der Waals surface area contributed by atoms with Gasteiger partial charge in [-0.3, -0.25) is 0 Å². The predicted octanol–water partition coefficient (Wildman–Crippen LogP) is 8.71. The molecule has 1 spiro atoms. The van der Waals surface area contributed by atoms with E-state index in [1.165, 1.54) is 19.3 Å². The highest BCUT2D eigenvalue weighted by atomic mass is 16.6. The number of rotatable bonds is 9. The Balaban J connectivity index is 1.63. The van der Waals surface area contributed by atoms with Crippen molar-refractivity contribution < 1.29 is 14.3 Å². The van der Waals surface area contributed by atoms with E-state index >= 15 is 0 Å². The van der Waals surface area contributed by atoms with Crippen molar-refractivity contribution in [2.45, 2.75) is 52.1 Å². The van der Waals surface area contributed by atoms with Crippen molar-refractivity contribution in [1.82, 2.24) is 0 Å². The Morgan fingerprint density at radius 3 is 2.12 bits per heavy atom. The number of nitrogens with one attached hydrogen (secondary N) is 1. The SMILES string of the molecule is CCCCCCN(CC)c1cc(C)c(Nc2ccccc2)c2c1C(=O)OC21c2ccccc2Oc2ccccc21. The molecule has 2 aliphatic heterocycles. The number of nitrogens with zero attached hydrogens (tertiary/aromatic N) is 1. The summed E-state index contributed by atoms with van der Waals surface area (Å²) < 4.78 is 13.0. The number of carbonyl (C=O) groups is 1. The van der Waals surface area contributed by atoms with Crippen molar-refractivity contribution >= 4 is 23.0 Å². The molecular formula is C35H36N2O3. The fourth-order valence-corrected chi connectivity index (χ4v) is 6.19. The topological polar surface area (TPSA) is 50.8 Å². The average molecular weight is 533 g/mol. The van der Waals surface area contributed by atoms with Crippen LogP contribution in [0.2, 0.25) is 0 Å². The molecule has 5 nitrogen and oxygen atoms in total. The van der Waals surface area contributed by atoms with Gasteiger partial charge in [-0.1, -0.05) is 80.8 Å². The third kappa shape index (κ3) is 4.21. The maximum Gasteiger partial charge on any atom is 0.342 e. The predicted molar refractivity (Wildman–Crippen MR) is 161 cm³/mol. The number of fused-ring (bicyclic) bond motifs is 6. The van der Waals surface area contributed by atoms with Crippen LogP contribution in [0.4, 0.5) is 17.1 Å². The molecule has 0 aliphatic carbocycles. The zero-order valence-electron chi connectivity index (χ0n) is 23.5. The zero-order chi connectivity index (χ0) is 27.7. The van der Waals surface area contributed by atoms with E-state index in [1.54, 1.807) is 0 Å². The number of anilines is 3. The summed E-state index contributed by atoms with van der Waals surface area (Å²) in [5, 5.41) is 3.68. The van der Waals surface area contributed by atoms with Gasteiger partial charge in [0, 0.05) is 35.5 Å². The summed E-state index contributed by atoms with van der Waals surface area (Å²) in [6.45, 7) is 8.20. The molecule has 4 aromatic rings. The number of esters is 1. The van der Waals surface area contributed by atoms with Crippen LogP contribution in [-0.4, -0.2) is 19.1 Å². The van der Waals surface area contributed by atoms with Crippen LogP contribution in [0.5, 0.6) is 11.5 Å². The number of carbonyl (C=O) groups excluding carboxylic acids is 1. The van der Waals surface area contributed by atoms with Crippen molar-refractivity contribution in [2.24, 2.45) is 0 Å². The zero-order valence-corrected chi connectivity index (χ0v) is 23.5. The largest absolute Gasteiger partial charge is 0.456 e. The lowest BCUT2D eigenvalue weighted by molar-refractivity contribution is 0.0226. The molecule has 5 heteroatoms. The molecule has 6 rings (SSSR count). The highest BCUT2D eigenvalue weighted by Crippen LogP contribution is 2.59. The van der Waals surface area contributed by atoms with Crippen LogP contribution < -0.4 is 15.0 Å². The highest BCUT2D eigenvalue weighted by molar-refractivity contribution is 6.05. The number of hydrogen-bond acceptors (Lipinski definition) is 5. The van der Waals surface area contributed by atoms with Crippen LogP contribution in [0.15, 0.2) is 84.9 Å². The van der Waals surface area contributed by atoms with Crippen LogP contribution in [0.3, 0.4) is 0 Å². The van der Waals surface area contributed by atoms with E-state index in [9.17, 15) is 4.79 Å². The summed E-state index contributed by atoms with van der Waals surface area (Å²) >= 11 is 0. The minimum Gasteiger partial charge on any atom is -0.456 e. The van der Waals surface area contributed by atoms with Gasteiger partial charge in [0.05, 0.1) is 16.9 Å². The van der Waals surface area contributed by atoms with Gasteiger partial charge in [0.15, 0.2) is 5.60 Å². The minimum atomic E-state index is -1.14. The van der Waals surface area contributed by atoms with Crippen LogP contribution in [-0.2, 0) is 10.3 Å². The van der Waals surface area contributed by atoms with Crippen molar-refractivity contribution in [3.05, 3.63) is 113 Å². The Kier molecular flexibility index (Phi) is 6.97. The number of hydrogen-bond donors (Lipinski definition) is 1. The van der Waals surface area contributed by atoms with E-state index in [0.29, 0.717) is 17.1 Å². The lowest BCUT2D eigenvalue weighted by Crippen LogP contribution is -2.33. The fourth-order valence-electron chi connectivity index (χ4n) is 6.19. The number of ether oxygens (including phenoxy) is 2. The Hall–Kier alpha value is -4.25. The van der Waals surface area contributed by atoms with E-state index in [2.05, 4.69) is 37.1 Å². The van der Waals surface area contributed by atoms with Crippen LogP contribution >= 0.6 is 0 Å². The van der Waals surface area contributed by atoms with Gasteiger partial charge in [-0.05, 0) is 56.2 Å². The Labute approximate surface area is 236 Å². The number of aryl methyl sites for hydroxylation is 1. The van der Waals surface area contributed by atoms with Crippen molar-refractivity contribution in [3.63, 3.8) is 0 Å². The smallest absolute Gasteiger partial charge is 0.342 e. The summed E-state index contributed by atoms with van der Waals surface area (Å²) in [4.78, 5) is 16.5. The molecule has 0 saturated heterocycles. The molecule has 0 aromatic heterocycles. The molecule has 40 heavy (non-hydrogen) atoms. The van der Waals surface area contributed by atoms with Crippen molar-refractivity contribution in [2.75, 3.05) is 23.3 Å². The second-order valence-electron chi connectivity index (χ2n) is 10.6. The van der Waals surface area contributed by atoms with Gasteiger partial charge in [-0.15, -0.1) is 0 Å². The summed E-state index contributed by atoms with van der Waals surface area (Å²) in [7, 11) is 0. The number of unbranched alkanes of at least 4 members (excludes halogenated alkanes) is 3. The second kappa shape index (κ2) is 10.7. The Morgan fingerprint density at radius 2 is 1.48 bits per heavy atom. The van der Waals surface area contributed by atoms with Gasteiger partial charge in [0.1, 0.15) is 11.5 Å². The van der Waals surface area contributed by atoms with E-state index in [1.807, 2.05) is 78.9 Å². The lowest BCUT2D eigenvalue weighted by atomic mass is 9.76. The monoisotopic (exact) mass is 532 g/mol. The first-order valence-corrected chi connectivity index (χ1v) is 14.4. The molecule has 2 aliphatic rings. The molecule has 0 fully saturated rings. The summed E-state index contributed by atoms with van der Waals surface area (Å²) in [5.41, 5.74) is 5.85. The normalized spacial score (nSPS) is 14.1. The molecule has 0 radical (unpaired) electrons. The standard InChI is InChI=1S/C35H36N2O3/c1-4-6-7-15-22-37(5-2)28-23-24(3)33(36-25-16-9-8-10-17-25)32-31(28)34(38)40-35(32)26-18-11-13-20-29(26)39-30-21-14-12-19-27(30)35/h8-14,16-21,23,36H,4-7,15,22H2,1-3H3. The van der Waals surface area contributed by atoms with Crippen molar-refractivity contribution in [3.8, 4) is 11.5 Å². The Bertz CT molecular complexity index is 1500. The van der Waals surface area contributed by atoms with Gasteiger partial charge < -0.3 is 19.7 Å².